The lowest BCUT2D eigenvalue weighted by molar-refractivity contribution is 0.603. The van der Waals surface area contributed by atoms with Crippen molar-refractivity contribution < 1.29 is 8.83 Å². The number of aromatic nitrogens is 3. The summed E-state index contributed by atoms with van der Waals surface area (Å²) in [6, 6.07) is 49.9. The maximum absolute atomic E-state index is 6.42. The Bertz CT molecular complexity index is 2980. The molecule has 0 saturated heterocycles. The third kappa shape index (κ3) is 5.38. The first-order valence-corrected chi connectivity index (χ1v) is 17.7. The number of benzene rings is 7. The summed E-state index contributed by atoms with van der Waals surface area (Å²) in [5, 5.41) is 7.61. The van der Waals surface area contributed by atoms with Crippen LogP contribution in [0.5, 0.6) is 0 Å². The zero-order valence-corrected chi connectivity index (χ0v) is 28.7. The van der Waals surface area contributed by atoms with Crippen LogP contribution in [-0.4, -0.2) is 15.0 Å². The van der Waals surface area contributed by atoms with E-state index in [1.54, 1.807) is 6.08 Å². The van der Waals surface area contributed by atoms with Gasteiger partial charge in [0, 0.05) is 38.4 Å². The van der Waals surface area contributed by atoms with Gasteiger partial charge in [-0.05, 0) is 69.9 Å². The van der Waals surface area contributed by atoms with Crippen molar-refractivity contribution in [2.75, 3.05) is 0 Å². The minimum Gasteiger partial charge on any atom is -0.456 e. The maximum atomic E-state index is 6.42. The predicted molar refractivity (Wildman–Crippen MR) is 217 cm³/mol. The van der Waals surface area contributed by atoms with Gasteiger partial charge in [-0.15, -0.1) is 0 Å². The van der Waals surface area contributed by atoms with E-state index in [-0.39, 0.29) is 0 Å². The average molecular weight is 682 g/mol. The Kier molecular flexibility index (Phi) is 7.29. The smallest absolute Gasteiger partial charge is 0.165 e. The Hall–Kier alpha value is -7.11. The quantitative estimate of drug-likeness (QED) is 0.167. The fraction of sp³-hybridized carbons (Fsp3) is 0.0208. The van der Waals surface area contributed by atoms with Gasteiger partial charge < -0.3 is 8.83 Å². The van der Waals surface area contributed by atoms with Gasteiger partial charge in [0.1, 0.15) is 22.5 Å². The molecule has 0 radical (unpaired) electrons. The Balaban J connectivity index is 1.20. The molecule has 3 heterocycles. The summed E-state index contributed by atoms with van der Waals surface area (Å²) < 4.78 is 12.5. The van der Waals surface area contributed by atoms with Crippen LogP contribution in [0, 0.1) is 0 Å². The fourth-order valence-corrected chi connectivity index (χ4v) is 7.40. The minimum absolute atomic E-state index is 0.590. The SMILES string of the molecule is C=Cc1oc2ccccc2c1/C=C\Cc1ccc2oc3ccccc3c2c1-c1nc(-c2ccc3ccccc3c2)nc(-c2ccc3ccccc3c2)n1. The van der Waals surface area contributed by atoms with Crippen molar-refractivity contribution in [3.63, 3.8) is 0 Å². The van der Waals surface area contributed by atoms with Crippen molar-refractivity contribution in [1.29, 1.82) is 0 Å². The molecular formula is C48H31N3O2. The van der Waals surface area contributed by atoms with Crippen LogP contribution >= 0.6 is 0 Å². The molecule has 7 aromatic carbocycles. The number of fused-ring (bicyclic) bond motifs is 6. The Morgan fingerprint density at radius 2 is 1.08 bits per heavy atom. The monoisotopic (exact) mass is 681 g/mol. The van der Waals surface area contributed by atoms with Crippen molar-refractivity contribution >= 4 is 66.6 Å². The van der Waals surface area contributed by atoms with Gasteiger partial charge >= 0.3 is 0 Å². The second-order valence-corrected chi connectivity index (χ2v) is 13.2. The summed E-state index contributed by atoms with van der Waals surface area (Å²) in [6.45, 7) is 4.00. The van der Waals surface area contributed by atoms with E-state index in [1.807, 2.05) is 36.4 Å². The van der Waals surface area contributed by atoms with E-state index in [1.165, 1.54) is 0 Å². The normalized spacial score (nSPS) is 11.8. The molecule has 0 N–H and O–H groups in total. The van der Waals surface area contributed by atoms with E-state index in [2.05, 4.69) is 128 Å². The van der Waals surface area contributed by atoms with E-state index in [9.17, 15) is 0 Å². The molecule has 0 aliphatic heterocycles. The molecule has 0 atom stereocenters. The summed E-state index contributed by atoms with van der Waals surface area (Å²) >= 11 is 0. The molecule has 10 rings (SSSR count). The van der Waals surface area contributed by atoms with Gasteiger partial charge in [0.25, 0.3) is 0 Å². The third-order valence-corrected chi connectivity index (χ3v) is 9.97. The number of allylic oxidation sites excluding steroid dienone is 1. The zero-order valence-electron chi connectivity index (χ0n) is 28.7. The van der Waals surface area contributed by atoms with Crippen LogP contribution in [0.2, 0.25) is 0 Å². The topological polar surface area (TPSA) is 65.0 Å². The van der Waals surface area contributed by atoms with Crippen LogP contribution in [0.15, 0.2) is 167 Å². The molecule has 0 spiro atoms. The number of hydrogen-bond donors (Lipinski definition) is 0. The van der Waals surface area contributed by atoms with E-state index >= 15 is 0 Å². The van der Waals surface area contributed by atoms with E-state index in [0.717, 1.165) is 88.0 Å². The molecule has 10 aromatic rings. The van der Waals surface area contributed by atoms with Gasteiger partial charge in [0.15, 0.2) is 17.5 Å². The second kappa shape index (κ2) is 12.6. The van der Waals surface area contributed by atoms with Gasteiger partial charge in [-0.1, -0.05) is 134 Å². The summed E-state index contributed by atoms with van der Waals surface area (Å²) in [6.07, 6.45) is 6.68. The lowest BCUT2D eigenvalue weighted by atomic mass is 9.97. The summed E-state index contributed by atoms with van der Waals surface area (Å²) in [5.41, 5.74) is 7.26. The molecule has 53 heavy (non-hydrogen) atoms. The molecule has 0 aliphatic carbocycles. The molecular weight excluding hydrogens is 651 g/mol. The van der Waals surface area contributed by atoms with Crippen LogP contribution in [-0.2, 0) is 6.42 Å². The third-order valence-electron chi connectivity index (χ3n) is 9.97. The van der Waals surface area contributed by atoms with Crippen LogP contribution in [0.3, 0.4) is 0 Å². The molecule has 250 valence electrons. The highest BCUT2D eigenvalue weighted by atomic mass is 16.3. The highest BCUT2D eigenvalue weighted by Crippen LogP contribution is 2.40. The van der Waals surface area contributed by atoms with Crippen LogP contribution in [0.4, 0.5) is 0 Å². The Morgan fingerprint density at radius 1 is 0.509 bits per heavy atom. The molecule has 0 fully saturated rings. The van der Waals surface area contributed by atoms with Crippen molar-refractivity contribution in [3.8, 4) is 34.2 Å². The number of rotatable bonds is 7. The van der Waals surface area contributed by atoms with Crippen LogP contribution in [0.1, 0.15) is 16.9 Å². The molecule has 0 bridgehead atoms. The Labute approximate surface area is 305 Å². The number of nitrogens with zero attached hydrogens (tertiary/aromatic N) is 3. The molecule has 3 aromatic heterocycles. The zero-order chi connectivity index (χ0) is 35.3. The highest BCUT2D eigenvalue weighted by Gasteiger charge is 2.21. The number of para-hydroxylation sites is 2. The van der Waals surface area contributed by atoms with Crippen molar-refractivity contribution in [2.45, 2.75) is 6.42 Å². The molecule has 0 amide bonds. The Morgan fingerprint density at radius 3 is 1.74 bits per heavy atom. The van der Waals surface area contributed by atoms with E-state index in [0.29, 0.717) is 23.9 Å². The summed E-state index contributed by atoms with van der Waals surface area (Å²) in [4.78, 5) is 15.7. The lowest BCUT2D eigenvalue weighted by Crippen LogP contribution is -2.02. The lowest BCUT2D eigenvalue weighted by Gasteiger charge is -2.13. The minimum atomic E-state index is 0.590. The van der Waals surface area contributed by atoms with Crippen molar-refractivity contribution in [3.05, 3.63) is 175 Å². The van der Waals surface area contributed by atoms with Gasteiger partial charge in [0.2, 0.25) is 0 Å². The van der Waals surface area contributed by atoms with Gasteiger partial charge in [0.05, 0.1) is 0 Å². The highest BCUT2D eigenvalue weighted by molar-refractivity contribution is 6.12. The molecule has 0 aliphatic rings. The first-order chi connectivity index (χ1) is 26.2. The number of furan rings is 2. The molecule has 0 saturated carbocycles. The predicted octanol–water partition coefficient (Wildman–Crippen LogP) is 12.7. The molecule has 0 unspecified atom stereocenters. The van der Waals surface area contributed by atoms with Crippen LogP contribution < -0.4 is 0 Å². The van der Waals surface area contributed by atoms with Crippen molar-refractivity contribution in [2.24, 2.45) is 0 Å². The molecule has 5 heteroatoms. The van der Waals surface area contributed by atoms with Gasteiger partial charge in [-0.25, -0.2) is 15.0 Å². The van der Waals surface area contributed by atoms with E-state index < -0.39 is 0 Å². The fourth-order valence-electron chi connectivity index (χ4n) is 7.40. The van der Waals surface area contributed by atoms with Gasteiger partial charge in [-0.3, -0.25) is 0 Å². The maximum Gasteiger partial charge on any atom is 0.165 e. The average Bonchev–Trinajstić information content (AvgIpc) is 3.78. The van der Waals surface area contributed by atoms with Gasteiger partial charge in [-0.2, -0.15) is 0 Å². The summed E-state index contributed by atoms with van der Waals surface area (Å²) in [7, 11) is 0. The second-order valence-electron chi connectivity index (χ2n) is 13.2. The first kappa shape index (κ1) is 30.7. The summed E-state index contributed by atoms with van der Waals surface area (Å²) in [5.74, 6) is 2.55. The van der Waals surface area contributed by atoms with Crippen molar-refractivity contribution in [1.82, 2.24) is 15.0 Å². The number of hydrogen-bond acceptors (Lipinski definition) is 5. The van der Waals surface area contributed by atoms with Crippen LogP contribution in [0.25, 0.3) is 101 Å². The van der Waals surface area contributed by atoms with E-state index in [4.69, 9.17) is 23.8 Å². The first-order valence-electron chi connectivity index (χ1n) is 17.7. The standard InChI is InChI=1S/C48H31N3O2/c1-2-40-37(38-17-7-9-20-41(38)52-40)19-11-16-32-26-27-43-45(39-18-8-10-21-42(39)53-43)44(32)48-50-46(35-24-22-30-12-3-5-14-33(30)28-35)49-47(51-48)36-25-23-31-13-4-6-15-34(31)29-36/h2-15,17-29H,1,16H2/b19-11-. The molecule has 5 nitrogen and oxygen atoms in total. The largest absolute Gasteiger partial charge is 0.456 e.